The van der Waals surface area contributed by atoms with Gasteiger partial charge in [0.25, 0.3) is 0 Å². The summed E-state index contributed by atoms with van der Waals surface area (Å²) in [7, 11) is -3.44. The first-order chi connectivity index (χ1) is 13.3. The molecular weight excluding hydrogens is 389 g/mol. The molecule has 0 radical (unpaired) electrons. The largest absolute Gasteiger partial charge is 0.491 e. The second kappa shape index (κ2) is 13.1. The van der Waals surface area contributed by atoms with Crippen molar-refractivity contribution < 1.29 is 32.6 Å². The number of carboxylic acids is 1. The molecule has 1 unspecified atom stereocenters. The Morgan fingerprint density at radius 3 is 2.57 bits per heavy atom. The van der Waals surface area contributed by atoms with Gasteiger partial charge in [-0.15, -0.1) is 5.92 Å². The first kappa shape index (κ1) is 23.9. The molecule has 1 rings (SSSR count). The summed E-state index contributed by atoms with van der Waals surface area (Å²) < 4.78 is 44.1. The molecule has 9 heteroatoms. The Hall–Kier alpha value is -2.15. The molecule has 0 saturated heterocycles. The fourth-order valence-corrected chi connectivity index (χ4v) is 3.20. The molecule has 0 fully saturated rings. The Bertz CT molecular complexity index is 755. The molecule has 1 atom stereocenters. The summed E-state index contributed by atoms with van der Waals surface area (Å²) in [6.45, 7) is 0.0393. The van der Waals surface area contributed by atoms with Crippen LogP contribution in [0.4, 0.5) is 4.39 Å². The Kier molecular flexibility index (Phi) is 11.2. The van der Waals surface area contributed by atoms with Gasteiger partial charge in [0.05, 0.1) is 18.4 Å². The molecule has 156 valence electrons. The lowest BCUT2D eigenvalue weighted by atomic mass is 10.2. The summed E-state index contributed by atoms with van der Waals surface area (Å²) >= 11 is 0. The maximum Gasteiger partial charge on any atom is 0.303 e. The summed E-state index contributed by atoms with van der Waals surface area (Å²) in [5.74, 6) is 4.50. The molecule has 0 saturated carbocycles. The Morgan fingerprint density at radius 1 is 1.18 bits per heavy atom. The van der Waals surface area contributed by atoms with E-state index in [4.69, 9.17) is 9.84 Å². The van der Waals surface area contributed by atoms with Crippen molar-refractivity contribution in [3.63, 3.8) is 0 Å². The number of aliphatic hydroxyl groups is 1. The van der Waals surface area contributed by atoms with Gasteiger partial charge < -0.3 is 14.9 Å². The van der Waals surface area contributed by atoms with Crippen molar-refractivity contribution in [1.82, 2.24) is 4.72 Å². The number of ether oxygens (including phenoxy) is 1. The summed E-state index contributed by atoms with van der Waals surface area (Å²) in [6.07, 6.45) is 1.43. The van der Waals surface area contributed by atoms with Gasteiger partial charge in [-0.1, -0.05) is 5.92 Å². The number of unbranched alkanes of at least 4 members (excludes halogenated alkanes) is 2. The van der Waals surface area contributed by atoms with Gasteiger partial charge in [-0.3, -0.25) is 4.79 Å². The van der Waals surface area contributed by atoms with Gasteiger partial charge in [0, 0.05) is 12.8 Å². The van der Waals surface area contributed by atoms with E-state index in [9.17, 15) is 22.7 Å². The number of hydrogen-bond acceptors (Lipinski definition) is 5. The smallest absolute Gasteiger partial charge is 0.303 e. The standard InChI is InChI=1S/C19H26FNO6S/c20-16-9-11-18(12-10-16)27-15-17(22)7-4-6-14-28(25,26)21-13-5-2-1-3-8-19(23)24/h9-12,17,21-22H,1,3-4,6-8,13-15H2,(H,23,24). The second-order valence-electron chi connectivity index (χ2n) is 6.16. The van der Waals surface area contributed by atoms with Gasteiger partial charge in [0.1, 0.15) is 18.2 Å². The van der Waals surface area contributed by atoms with Crippen LogP contribution in [0.25, 0.3) is 0 Å². The fraction of sp³-hybridized carbons (Fsp3) is 0.526. The highest BCUT2D eigenvalue weighted by Crippen LogP contribution is 2.12. The highest BCUT2D eigenvalue weighted by molar-refractivity contribution is 7.89. The Labute approximate surface area is 165 Å². The zero-order valence-electron chi connectivity index (χ0n) is 15.6. The topological polar surface area (TPSA) is 113 Å². The lowest BCUT2D eigenvalue weighted by Gasteiger charge is -2.12. The number of rotatable bonds is 13. The average Bonchev–Trinajstić information content (AvgIpc) is 2.64. The monoisotopic (exact) mass is 415 g/mol. The van der Waals surface area contributed by atoms with Crippen molar-refractivity contribution in [2.45, 2.75) is 44.6 Å². The van der Waals surface area contributed by atoms with Crippen molar-refractivity contribution in [3.05, 3.63) is 30.1 Å². The SMILES string of the molecule is O=C(O)CCCC#CCNS(=O)(=O)CCCCC(O)COc1ccc(F)cc1. The van der Waals surface area contributed by atoms with E-state index >= 15 is 0 Å². The van der Waals surface area contributed by atoms with Crippen LogP contribution in [0.1, 0.15) is 38.5 Å². The molecule has 3 N–H and O–H groups in total. The number of aliphatic carboxylic acids is 1. The van der Waals surface area contributed by atoms with E-state index in [0.29, 0.717) is 37.9 Å². The third-order valence-electron chi connectivity index (χ3n) is 3.65. The molecule has 0 bridgehead atoms. The number of halogens is 1. The van der Waals surface area contributed by atoms with Crippen LogP contribution in [-0.4, -0.2) is 49.6 Å². The van der Waals surface area contributed by atoms with Crippen LogP contribution in [0.5, 0.6) is 5.75 Å². The van der Waals surface area contributed by atoms with Crippen LogP contribution in [0.2, 0.25) is 0 Å². The first-order valence-corrected chi connectivity index (χ1v) is 10.6. The number of nitrogens with one attached hydrogen (secondary N) is 1. The molecular formula is C19H26FNO6S. The third kappa shape index (κ3) is 12.3. The van der Waals surface area contributed by atoms with E-state index in [1.54, 1.807) is 0 Å². The molecule has 0 aliphatic carbocycles. The summed E-state index contributed by atoms with van der Waals surface area (Å²) in [5, 5.41) is 18.3. The molecule has 1 aromatic carbocycles. The van der Waals surface area contributed by atoms with Crippen LogP contribution >= 0.6 is 0 Å². The van der Waals surface area contributed by atoms with E-state index in [-0.39, 0.29) is 31.1 Å². The number of hydrogen-bond donors (Lipinski definition) is 3. The van der Waals surface area contributed by atoms with E-state index in [0.717, 1.165) is 0 Å². The molecule has 0 aliphatic heterocycles. The Morgan fingerprint density at radius 2 is 1.89 bits per heavy atom. The van der Waals surface area contributed by atoms with Gasteiger partial charge in [-0.25, -0.2) is 17.5 Å². The number of carbonyl (C=O) groups is 1. The quantitative estimate of drug-likeness (QED) is 0.335. The van der Waals surface area contributed by atoms with Crippen LogP contribution in [0.15, 0.2) is 24.3 Å². The highest BCUT2D eigenvalue weighted by atomic mass is 32.2. The van der Waals surface area contributed by atoms with Crippen LogP contribution in [-0.2, 0) is 14.8 Å². The van der Waals surface area contributed by atoms with Crippen molar-refractivity contribution in [2.24, 2.45) is 0 Å². The number of carboxylic acid groups (broad SMARTS) is 1. The minimum Gasteiger partial charge on any atom is -0.491 e. The molecule has 28 heavy (non-hydrogen) atoms. The molecule has 0 aliphatic rings. The second-order valence-corrected chi connectivity index (χ2v) is 8.08. The zero-order chi connectivity index (χ0) is 20.8. The number of sulfonamides is 1. The first-order valence-electron chi connectivity index (χ1n) is 9.00. The van der Waals surface area contributed by atoms with Crippen LogP contribution in [0.3, 0.4) is 0 Å². The van der Waals surface area contributed by atoms with E-state index in [1.165, 1.54) is 24.3 Å². The lowest BCUT2D eigenvalue weighted by Crippen LogP contribution is -2.27. The number of benzene rings is 1. The summed E-state index contributed by atoms with van der Waals surface area (Å²) in [5.41, 5.74) is 0. The van der Waals surface area contributed by atoms with Gasteiger partial charge in [0.15, 0.2) is 0 Å². The number of aliphatic hydroxyl groups excluding tert-OH is 1. The minimum absolute atomic E-state index is 0.0104. The predicted octanol–water partition coefficient (Wildman–Crippen LogP) is 1.91. The van der Waals surface area contributed by atoms with Crippen molar-refractivity contribution in [3.8, 4) is 17.6 Å². The van der Waals surface area contributed by atoms with Crippen molar-refractivity contribution in [2.75, 3.05) is 18.9 Å². The van der Waals surface area contributed by atoms with E-state index in [2.05, 4.69) is 16.6 Å². The average molecular weight is 415 g/mol. The van der Waals surface area contributed by atoms with Crippen molar-refractivity contribution >= 4 is 16.0 Å². The predicted molar refractivity (Wildman–Crippen MR) is 103 cm³/mol. The minimum atomic E-state index is -3.44. The van der Waals surface area contributed by atoms with Gasteiger partial charge in [-0.05, 0) is 49.9 Å². The zero-order valence-corrected chi connectivity index (χ0v) is 16.4. The molecule has 1 aromatic rings. The van der Waals surface area contributed by atoms with Gasteiger partial charge in [0.2, 0.25) is 10.0 Å². The van der Waals surface area contributed by atoms with Crippen molar-refractivity contribution in [1.29, 1.82) is 0 Å². The fourth-order valence-electron chi connectivity index (χ4n) is 2.18. The highest BCUT2D eigenvalue weighted by Gasteiger charge is 2.10. The Balaban J connectivity index is 2.12. The molecule has 0 amide bonds. The molecule has 0 heterocycles. The molecule has 0 aromatic heterocycles. The summed E-state index contributed by atoms with van der Waals surface area (Å²) in [6, 6.07) is 5.46. The van der Waals surface area contributed by atoms with Gasteiger partial charge >= 0.3 is 5.97 Å². The maximum atomic E-state index is 12.8. The van der Waals surface area contributed by atoms with E-state index in [1.807, 2.05) is 0 Å². The normalized spacial score (nSPS) is 12.1. The van der Waals surface area contributed by atoms with Gasteiger partial charge in [-0.2, -0.15) is 0 Å². The van der Waals surface area contributed by atoms with E-state index < -0.39 is 22.1 Å². The molecule has 0 spiro atoms. The third-order valence-corrected chi connectivity index (χ3v) is 5.06. The van der Waals surface area contributed by atoms with Crippen LogP contribution < -0.4 is 9.46 Å². The molecule has 7 nitrogen and oxygen atoms in total. The van der Waals surface area contributed by atoms with Crippen LogP contribution in [0, 0.1) is 17.7 Å². The maximum absolute atomic E-state index is 12.8. The summed E-state index contributed by atoms with van der Waals surface area (Å²) in [4.78, 5) is 10.3. The lowest BCUT2D eigenvalue weighted by molar-refractivity contribution is -0.137.